The smallest absolute Gasteiger partial charge is 0.146 e. The first-order valence-corrected chi connectivity index (χ1v) is 7.46. The van der Waals surface area contributed by atoms with Crippen LogP contribution in [0.15, 0.2) is 18.2 Å². The summed E-state index contributed by atoms with van der Waals surface area (Å²) in [6.07, 6.45) is 5.22. The number of unbranched alkanes of at least 4 members (excludes halogenated alkanes) is 2. The zero-order valence-electron chi connectivity index (χ0n) is 12.3. The molecule has 0 spiro atoms. The number of halogens is 1. The standard InChI is InChI=1S/C16H27FN2/c1-3-5-11-19(12-6-4-2)16-8-7-14(9-10-18)13-15(16)17/h7-8,13H,3-6,9-12,18H2,1-2H3. The summed E-state index contributed by atoms with van der Waals surface area (Å²) in [5, 5.41) is 0. The molecule has 0 bridgehead atoms. The predicted molar refractivity (Wildman–Crippen MR) is 81.2 cm³/mol. The van der Waals surface area contributed by atoms with Crippen molar-refractivity contribution in [3.8, 4) is 0 Å². The number of anilines is 1. The van der Waals surface area contributed by atoms with Crippen LogP contribution in [-0.2, 0) is 6.42 Å². The van der Waals surface area contributed by atoms with E-state index in [0.717, 1.165) is 56.4 Å². The Bertz CT molecular complexity index is 358. The van der Waals surface area contributed by atoms with Crippen molar-refractivity contribution >= 4 is 5.69 Å². The lowest BCUT2D eigenvalue weighted by atomic mass is 10.1. The fourth-order valence-corrected chi connectivity index (χ4v) is 2.18. The zero-order chi connectivity index (χ0) is 14.1. The summed E-state index contributed by atoms with van der Waals surface area (Å²) in [5.41, 5.74) is 7.23. The molecule has 0 radical (unpaired) electrons. The largest absolute Gasteiger partial charge is 0.369 e. The minimum Gasteiger partial charge on any atom is -0.369 e. The Balaban J connectivity index is 2.81. The normalized spacial score (nSPS) is 10.7. The average molecular weight is 266 g/mol. The highest BCUT2D eigenvalue weighted by molar-refractivity contribution is 5.49. The minimum atomic E-state index is -0.113. The molecule has 1 rings (SSSR count). The highest BCUT2D eigenvalue weighted by Crippen LogP contribution is 2.22. The highest BCUT2D eigenvalue weighted by Gasteiger charge is 2.11. The summed E-state index contributed by atoms with van der Waals surface area (Å²) in [6, 6.07) is 5.54. The molecule has 1 aromatic rings. The van der Waals surface area contributed by atoms with Crippen molar-refractivity contribution < 1.29 is 4.39 Å². The van der Waals surface area contributed by atoms with Gasteiger partial charge in [0.15, 0.2) is 0 Å². The molecular weight excluding hydrogens is 239 g/mol. The van der Waals surface area contributed by atoms with Crippen LogP contribution in [0.3, 0.4) is 0 Å². The number of hydrogen-bond acceptors (Lipinski definition) is 2. The average Bonchev–Trinajstić information content (AvgIpc) is 2.40. The molecular formula is C16H27FN2. The summed E-state index contributed by atoms with van der Waals surface area (Å²) in [7, 11) is 0. The topological polar surface area (TPSA) is 29.3 Å². The van der Waals surface area contributed by atoms with Gasteiger partial charge >= 0.3 is 0 Å². The second-order valence-electron chi connectivity index (χ2n) is 5.02. The lowest BCUT2D eigenvalue weighted by Crippen LogP contribution is -2.26. The summed E-state index contributed by atoms with van der Waals surface area (Å²) in [4.78, 5) is 2.18. The molecule has 1 aromatic carbocycles. The van der Waals surface area contributed by atoms with Gasteiger partial charge in [0, 0.05) is 13.1 Å². The van der Waals surface area contributed by atoms with Crippen molar-refractivity contribution in [2.24, 2.45) is 5.73 Å². The first-order valence-electron chi connectivity index (χ1n) is 7.46. The second-order valence-corrected chi connectivity index (χ2v) is 5.02. The summed E-state index contributed by atoms with van der Waals surface area (Å²) in [5.74, 6) is -0.113. The maximum absolute atomic E-state index is 14.2. The van der Waals surface area contributed by atoms with Gasteiger partial charge in [0.05, 0.1) is 5.69 Å². The Labute approximate surface area is 116 Å². The highest BCUT2D eigenvalue weighted by atomic mass is 19.1. The maximum atomic E-state index is 14.2. The number of benzene rings is 1. The molecule has 0 aliphatic rings. The summed E-state index contributed by atoms with van der Waals surface area (Å²) in [6.45, 7) is 6.76. The van der Waals surface area contributed by atoms with E-state index in [-0.39, 0.29) is 5.82 Å². The van der Waals surface area contributed by atoms with Crippen LogP contribution in [0, 0.1) is 5.82 Å². The number of nitrogens with zero attached hydrogens (tertiary/aromatic N) is 1. The molecule has 2 N–H and O–H groups in total. The fraction of sp³-hybridized carbons (Fsp3) is 0.625. The van der Waals surface area contributed by atoms with Crippen LogP contribution in [0.25, 0.3) is 0 Å². The van der Waals surface area contributed by atoms with Gasteiger partial charge in [-0.2, -0.15) is 0 Å². The van der Waals surface area contributed by atoms with Gasteiger partial charge < -0.3 is 10.6 Å². The zero-order valence-corrected chi connectivity index (χ0v) is 12.3. The number of hydrogen-bond donors (Lipinski definition) is 1. The van der Waals surface area contributed by atoms with Gasteiger partial charge in [-0.15, -0.1) is 0 Å². The molecule has 0 aromatic heterocycles. The van der Waals surface area contributed by atoms with Gasteiger partial charge in [-0.05, 0) is 43.5 Å². The number of nitrogens with two attached hydrogens (primary N) is 1. The van der Waals surface area contributed by atoms with Gasteiger partial charge in [0.25, 0.3) is 0 Å². The van der Waals surface area contributed by atoms with E-state index in [0.29, 0.717) is 6.54 Å². The lowest BCUT2D eigenvalue weighted by Gasteiger charge is -2.25. The van der Waals surface area contributed by atoms with E-state index < -0.39 is 0 Å². The maximum Gasteiger partial charge on any atom is 0.146 e. The van der Waals surface area contributed by atoms with Gasteiger partial charge in [0.1, 0.15) is 5.82 Å². The van der Waals surface area contributed by atoms with Crippen LogP contribution in [0.4, 0.5) is 10.1 Å². The van der Waals surface area contributed by atoms with E-state index >= 15 is 0 Å². The fourth-order valence-electron chi connectivity index (χ4n) is 2.18. The molecule has 2 nitrogen and oxygen atoms in total. The molecule has 0 heterocycles. The van der Waals surface area contributed by atoms with Crippen molar-refractivity contribution in [1.29, 1.82) is 0 Å². The van der Waals surface area contributed by atoms with Crippen LogP contribution in [0.5, 0.6) is 0 Å². The van der Waals surface area contributed by atoms with E-state index in [9.17, 15) is 4.39 Å². The molecule has 19 heavy (non-hydrogen) atoms. The van der Waals surface area contributed by atoms with Crippen molar-refractivity contribution in [2.75, 3.05) is 24.5 Å². The SMILES string of the molecule is CCCCN(CCCC)c1ccc(CCN)cc1F. The van der Waals surface area contributed by atoms with E-state index in [1.807, 2.05) is 12.1 Å². The lowest BCUT2D eigenvalue weighted by molar-refractivity contribution is 0.603. The number of rotatable bonds is 9. The third-order valence-electron chi connectivity index (χ3n) is 3.35. The molecule has 0 aliphatic carbocycles. The van der Waals surface area contributed by atoms with E-state index in [2.05, 4.69) is 18.7 Å². The Morgan fingerprint density at radius 1 is 1.11 bits per heavy atom. The molecule has 0 saturated heterocycles. The van der Waals surface area contributed by atoms with Gasteiger partial charge in [-0.25, -0.2) is 4.39 Å². The molecule has 0 saturated carbocycles. The van der Waals surface area contributed by atoms with E-state index in [1.54, 1.807) is 6.07 Å². The molecule has 0 unspecified atom stereocenters. The predicted octanol–water partition coefficient (Wildman–Crippen LogP) is 3.73. The van der Waals surface area contributed by atoms with Crippen molar-refractivity contribution in [3.05, 3.63) is 29.6 Å². The summed E-state index contributed by atoms with van der Waals surface area (Å²) >= 11 is 0. The molecule has 0 amide bonds. The van der Waals surface area contributed by atoms with Crippen molar-refractivity contribution in [3.63, 3.8) is 0 Å². The molecule has 3 heteroatoms. The Hall–Kier alpha value is -1.09. The van der Waals surface area contributed by atoms with Crippen LogP contribution < -0.4 is 10.6 Å². The first kappa shape index (κ1) is 16.0. The van der Waals surface area contributed by atoms with Gasteiger partial charge in [0.2, 0.25) is 0 Å². The minimum absolute atomic E-state index is 0.113. The van der Waals surface area contributed by atoms with E-state index in [1.165, 1.54) is 0 Å². The van der Waals surface area contributed by atoms with Gasteiger partial charge in [-0.1, -0.05) is 32.8 Å². The van der Waals surface area contributed by atoms with E-state index in [4.69, 9.17) is 5.73 Å². The second kappa shape index (κ2) is 8.92. The molecule has 0 fully saturated rings. The molecule has 0 atom stereocenters. The van der Waals surface area contributed by atoms with Crippen molar-refractivity contribution in [2.45, 2.75) is 46.0 Å². The van der Waals surface area contributed by atoms with Gasteiger partial charge in [-0.3, -0.25) is 0 Å². The molecule has 108 valence electrons. The first-order chi connectivity index (χ1) is 9.22. The summed E-state index contributed by atoms with van der Waals surface area (Å²) < 4.78 is 14.2. The quantitative estimate of drug-likeness (QED) is 0.738. The van der Waals surface area contributed by atoms with Crippen LogP contribution in [0.1, 0.15) is 45.1 Å². The van der Waals surface area contributed by atoms with Crippen LogP contribution in [-0.4, -0.2) is 19.6 Å². The van der Waals surface area contributed by atoms with Crippen molar-refractivity contribution in [1.82, 2.24) is 0 Å². The van der Waals surface area contributed by atoms with Crippen LogP contribution in [0.2, 0.25) is 0 Å². The third-order valence-corrected chi connectivity index (χ3v) is 3.35. The monoisotopic (exact) mass is 266 g/mol. The van der Waals surface area contributed by atoms with Crippen LogP contribution >= 0.6 is 0 Å². The molecule has 0 aliphatic heterocycles. The Morgan fingerprint density at radius 2 is 1.74 bits per heavy atom. The third kappa shape index (κ3) is 5.19. The Morgan fingerprint density at radius 3 is 2.21 bits per heavy atom. The Kier molecular flexibility index (Phi) is 7.49.